The molecule has 1 aromatic carbocycles. The first-order chi connectivity index (χ1) is 10.1. The van der Waals surface area contributed by atoms with Crippen molar-refractivity contribution in [2.75, 3.05) is 32.1 Å². The number of non-ortho nitro benzene ring substituents is 1. The zero-order chi connectivity index (χ0) is 15.2. The average molecular weight is 293 g/mol. The Morgan fingerprint density at radius 1 is 1.43 bits per heavy atom. The van der Waals surface area contributed by atoms with Gasteiger partial charge in [0.05, 0.1) is 17.6 Å². The number of benzene rings is 1. The van der Waals surface area contributed by atoms with Crippen molar-refractivity contribution in [3.63, 3.8) is 0 Å². The molecule has 21 heavy (non-hydrogen) atoms. The second-order valence-electron chi connectivity index (χ2n) is 5.42. The average Bonchev–Trinajstić information content (AvgIpc) is 2.46. The monoisotopic (exact) mass is 293 g/mol. The summed E-state index contributed by atoms with van der Waals surface area (Å²) in [5.74, 6) is 0.534. The first-order valence-electron chi connectivity index (χ1n) is 7.46. The van der Waals surface area contributed by atoms with Crippen molar-refractivity contribution in [3.8, 4) is 5.75 Å². The van der Waals surface area contributed by atoms with Crippen molar-refractivity contribution in [2.45, 2.75) is 32.2 Å². The molecule has 1 atom stereocenters. The maximum absolute atomic E-state index is 11.0. The van der Waals surface area contributed by atoms with E-state index in [2.05, 4.69) is 17.3 Å². The van der Waals surface area contributed by atoms with Gasteiger partial charge in [0, 0.05) is 30.4 Å². The fourth-order valence-electron chi connectivity index (χ4n) is 2.68. The van der Waals surface area contributed by atoms with Gasteiger partial charge in [-0.2, -0.15) is 0 Å². The molecule has 1 aromatic rings. The highest BCUT2D eigenvalue weighted by atomic mass is 16.6. The van der Waals surface area contributed by atoms with E-state index in [1.165, 1.54) is 18.9 Å². The van der Waals surface area contributed by atoms with E-state index in [0.29, 0.717) is 18.4 Å². The number of nitrogens with one attached hydrogen (secondary N) is 1. The lowest BCUT2D eigenvalue weighted by Gasteiger charge is -2.32. The largest absolute Gasteiger partial charge is 0.494 e. The van der Waals surface area contributed by atoms with Gasteiger partial charge >= 0.3 is 0 Å². The van der Waals surface area contributed by atoms with E-state index in [1.54, 1.807) is 6.07 Å². The molecule has 0 bridgehead atoms. The van der Waals surface area contributed by atoms with Crippen LogP contribution in [0.4, 0.5) is 11.4 Å². The van der Waals surface area contributed by atoms with E-state index < -0.39 is 0 Å². The van der Waals surface area contributed by atoms with Gasteiger partial charge < -0.3 is 15.0 Å². The lowest BCUT2D eigenvalue weighted by atomic mass is 10.0. The van der Waals surface area contributed by atoms with Crippen molar-refractivity contribution < 1.29 is 9.66 Å². The summed E-state index contributed by atoms with van der Waals surface area (Å²) in [5.41, 5.74) is 0.798. The van der Waals surface area contributed by atoms with Gasteiger partial charge in [0.2, 0.25) is 0 Å². The van der Waals surface area contributed by atoms with Gasteiger partial charge in [-0.3, -0.25) is 10.1 Å². The van der Waals surface area contributed by atoms with Gasteiger partial charge in [-0.25, -0.2) is 0 Å². The molecule has 1 fully saturated rings. The number of likely N-dealkylation sites (tertiary alicyclic amines) is 1. The van der Waals surface area contributed by atoms with Gasteiger partial charge in [-0.1, -0.05) is 6.42 Å². The Labute approximate surface area is 125 Å². The lowest BCUT2D eigenvalue weighted by Crippen LogP contribution is -2.40. The third-order valence-corrected chi connectivity index (χ3v) is 3.88. The van der Waals surface area contributed by atoms with Gasteiger partial charge in [0.1, 0.15) is 5.75 Å². The number of ether oxygens (including phenoxy) is 1. The lowest BCUT2D eigenvalue weighted by molar-refractivity contribution is -0.384. The number of likely N-dealkylation sites (N-methyl/N-ethyl adjacent to an activating group) is 1. The molecule has 6 heteroatoms. The Morgan fingerprint density at radius 2 is 2.24 bits per heavy atom. The van der Waals surface area contributed by atoms with E-state index in [1.807, 2.05) is 13.0 Å². The summed E-state index contributed by atoms with van der Waals surface area (Å²) >= 11 is 0. The topological polar surface area (TPSA) is 67.6 Å². The maximum atomic E-state index is 11.0. The van der Waals surface area contributed by atoms with Crippen molar-refractivity contribution in [1.29, 1.82) is 0 Å². The van der Waals surface area contributed by atoms with E-state index in [0.717, 1.165) is 25.2 Å². The SMILES string of the molecule is CCOc1cc(NCC2CCCCN2C)cc([N+](=O)[O-])c1. The van der Waals surface area contributed by atoms with Crippen LogP contribution in [0.3, 0.4) is 0 Å². The molecule has 0 aromatic heterocycles. The number of hydrogen-bond donors (Lipinski definition) is 1. The predicted octanol–water partition coefficient (Wildman–Crippen LogP) is 2.89. The molecule has 0 saturated carbocycles. The van der Waals surface area contributed by atoms with Crippen LogP contribution in [0, 0.1) is 10.1 Å². The molecule has 0 aliphatic carbocycles. The number of nitrogens with zero attached hydrogens (tertiary/aromatic N) is 2. The third kappa shape index (κ3) is 4.32. The second-order valence-corrected chi connectivity index (χ2v) is 5.42. The van der Waals surface area contributed by atoms with Crippen LogP contribution in [-0.4, -0.2) is 42.6 Å². The van der Waals surface area contributed by atoms with E-state index in [4.69, 9.17) is 4.74 Å². The summed E-state index contributed by atoms with van der Waals surface area (Å²) in [6.07, 6.45) is 3.66. The van der Waals surface area contributed by atoms with Crippen molar-refractivity contribution in [3.05, 3.63) is 28.3 Å². The van der Waals surface area contributed by atoms with Crippen LogP contribution in [0.1, 0.15) is 26.2 Å². The molecule has 1 saturated heterocycles. The molecule has 2 rings (SSSR count). The Morgan fingerprint density at radius 3 is 2.90 bits per heavy atom. The van der Waals surface area contributed by atoms with Crippen LogP contribution in [0.25, 0.3) is 0 Å². The quantitative estimate of drug-likeness (QED) is 0.645. The van der Waals surface area contributed by atoms with E-state index in [-0.39, 0.29) is 10.6 Å². The Kier molecular flexibility index (Phi) is 5.38. The number of anilines is 1. The second kappa shape index (κ2) is 7.26. The van der Waals surface area contributed by atoms with Gasteiger partial charge in [0.25, 0.3) is 5.69 Å². The number of nitro groups is 1. The highest BCUT2D eigenvalue weighted by Gasteiger charge is 2.19. The molecule has 0 spiro atoms. The van der Waals surface area contributed by atoms with Gasteiger partial charge in [0.15, 0.2) is 0 Å². The number of hydrogen-bond acceptors (Lipinski definition) is 5. The predicted molar refractivity (Wildman–Crippen MR) is 83.0 cm³/mol. The summed E-state index contributed by atoms with van der Waals surface area (Å²) in [6.45, 7) is 4.27. The summed E-state index contributed by atoms with van der Waals surface area (Å²) in [4.78, 5) is 12.9. The molecule has 1 unspecified atom stereocenters. The first-order valence-corrected chi connectivity index (χ1v) is 7.46. The molecule has 0 radical (unpaired) electrons. The molecule has 6 nitrogen and oxygen atoms in total. The fraction of sp³-hybridized carbons (Fsp3) is 0.600. The van der Waals surface area contributed by atoms with Crippen molar-refractivity contribution >= 4 is 11.4 Å². The zero-order valence-corrected chi connectivity index (χ0v) is 12.7. The van der Waals surface area contributed by atoms with Gasteiger partial charge in [-0.05, 0) is 33.4 Å². The Bertz CT molecular complexity index is 493. The fourth-order valence-corrected chi connectivity index (χ4v) is 2.68. The smallest absolute Gasteiger partial charge is 0.275 e. The van der Waals surface area contributed by atoms with Crippen LogP contribution in [-0.2, 0) is 0 Å². The molecule has 0 amide bonds. The highest BCUT2D eigenvalue weighted by Crippen LogP contribution is 2.26. The van der Waals surface area contributed by atoms with Crippen LogP contribution in [0.5, 0.6) is 5.75 Å². The van der Waals surface area contributed by atoms with Crippen LogP contribution in [0.2, 0.25) is 0 Å². The van der Waals surface area contributed by atoms with Crippen LogP contribution in [0.15, 0.2) is 18.2 Å². The number of nitro benzene ring substituents is 1. The Balaban J connectivity index is 2.05. The molecule has 1 heterocycles. The molecular formula is C15H23N3O3. The Hall–Kier alpha value is -1.82. The third-order valence-electron chi connectivity index (χ3n) is 3.88. The van der Waals surface area contributed by atoms with E-state index in [9.17, 15) is 10.1 Å². The minimum Gasteiger partial charge on any atom is -0.494 e. The van der Waals surface area contributed by atoms with Crippen LogP contribution < -0.4 is 10.1 Å². The molecule has 1 N–H and O–H groups in total. The molecule has 116 valence electrons. The summed E-state index contributed by atoms with van der Waals surface area (Å²) in [5, 5.41) is 14.3. The summed E-state index contributed by atoms with van der Waals surface area (Å²) in [7, 11) is 2.13. The normalized spacial score (nSPS) is 19.2. The number of rotatable bonds is 6. The van der Waals surface area contributed by atoms with Crippen molar-refractivity contribution in [1.82, 2.24) is 4.90 Å². The maximum Gasteiger partial charge on any atom is 0.275 e. The zero-order valence-electron chi connectivity index (χ0n) is 12.7. The number of piperidine rings is 1. The summed E-state index contributed by atoms with van der Waals surface area (Å²) in [6, 6.07) is 5.32. The van der Waals surface area contributed by atoms with Crippen LogP contribution >= 0.6 is 0 Å². The molecular weight excluding hydrogens is 270 g/mol. The van der Waals surface area contributed by atoms with Crippen molar-refractivity contribution in [2.24, 2.45) is 0 Å². The minimum absolute atomic E-state index is 0.0560. The highest BCUT2D eigenvalue weighted by molar-refractivity contribution is 5.56. The standard InChI is InChI=1S/C15H23N3O3/c1-3-21-15-9-12(8-14(10-15)18(19)20)16-11-13-6-4-5-7-17(13)2/h8-10,13,16H,3-7,11H2,1-2H3. The molecule has 1 aliphatic heterocycles. The van der Waals surface area contributed by atoms with E-state index >= 15 is 0 Å². The minimum atomic E-state index is -0.388. The summed E-state index contributed by atoms with van der Waals surface area (Å²) < 4.78 is 5.40. The molecule has 1 aliphatic rings. The first kappa shape index (κ1) is 15.6. The van der Waals surface area contributed by atoms with Gasteiger partial charge in [-0.15, -0.1) is 0 Å².